The molecule has 0 saturated heterocycles. The van der Waals surface area contributed by atoms with E-state index in [0.717, 1.165) is 16.8 Å². The van der Waals surface area contributed by atoms with Crippen molar-refractivity contribution in [3.63, 3.8) is 0 Å². The predicted octanol–water partition coefficient (Wildman–Crippen LogP) is 4.96. The maximum absolute atomic E-state index is 13.3. The van der Waals surface area contributed by atoms with Gasteiger partial charge in [0.2, 0.25) is 0 Å². The van der Waals surface area contributed by atoms with E-state index in [9.17, 15) is 9.18 Å². The van der Waals surface area contributed by atoms with Crippen LogP contribution in [0.1, 0.15) is 16.8 Å². The number of carbonyl (C=O) groups excluding carboxylic acids is 1. The maximum Gasteiger partial charge on any atom is 0.319 e. The van der Waals surface area contributed by atoms with Crippen LogP contribution in [0.3, 0.4) is 0 Å². The van der Waals surface area contributed by atoms with Crippen LogP contribution in [0.15, 0.2) is 60.8 Å². The highest BCUT2D eigenvalue weighted by molar-refractivity contribution is 6.31. The zero-order valence-corrected chi connectivity index (χ0v) is 15.1. The van der Waals surface area contributed by atoms with Gasteiger partial charge in [-0.25, -0.2) is 9.18 Å². The van der Waals surface area contributed by atoms with Gasteiger partial charge < -0.3 is 15.2 Å². The molecular formula is C20H19ClFN3O. The van der Waals surface area contributed by atoms with Crippen molar-refractivity contribution in [2.75, 3.05) is 5.32 Å². The number of halogens is 2. The Morgan fingerprint density at radius 2 is 2.00 bits per heavy atom. The van der Waals surface area contributed by atoms with Crippen LogP contribution in [-0.2, 0) is 13.1 Å². The van der Waals surface area contributed by atoms with Crippen LogP contribution in [0.25, 0.3) is 0 Å². The van der Waals surface area contributed by atoms with E-state index in [-0.39, 0.29) is 11.8 Å². The molecule has 1 heterocycles. The van der Waals surface area contributed by atoms with Gasteiger partial charge in [-0.15, -0.1) is 0 Å². The summed E-state index contributed by atoms with van der Waals surface area (Å²) in [5.74, 6) is -0.259. The lowest BCUT2D eigenvalue weighted by Gasteiger charge is -2.12. The van der Waals surface area contributed by atoms with Gasteiger partial charge in [0.25, 0.3) is 0 Å². The molecule has 0 atom stereocenters. The number of amides is 2. The fourth-order valence-electron chi connectivity index (χ4n) is 2.66. The second kappa shape index (κ2) is 8.06. The third-order valence-corrected chi connectivity index (χ3v) is 4.28. The first kappa shape index (κ1) is 18.0. The van der Waals surface area contributed by atoms with E-state index in [1.807, 2.05) is 42.0 Å². The summed E-state index contributed by atoms with van der Waals surface area (Å²) in [6, 6.07) is 15.3. The van der Waals surface area contributed by atoms with Crippen LogP contribution in [0.2, 0.25) is 5.02 Å². The third-order valence-electron chi connectivity index (χ3n) is 4.04. The molecule has 3 rings (SSSR count). The summed E-state index contributed by atoms with van der Waals surface area (Å²) in [5, 5.41) is 6.19. The van der Waals surface area contributed by atoms with Crippen molar-refractivity contribution in [3.8, 4) is 0 Å². The van der Waals surface area contributed by atoms with Crippen molar-refractivity contribution in [2.24, 2.45) is 0 Å². The molecule has 2 N–H and O–H groups in total. The first-order valence-corrected chi connectivity index (χ1v) is 8.58. The minimum Gasteiger partial charge on any atom is -0.345 e. The minimum absolute atomic E-state index is 0.259. The van der Waals surface area contributed by atoms with Gasteiger partial charge >= 0.3 is 6.03 Å². The Bertz CT molecular complexity index is 923. The first-order valence-electron chi connectivity index (χ1n) is 8.21. The van der Waals surface area contributed by atoms with Crippen LogP contribution in [0.4, 0.5) is 14.9 Å². The predicted molar refractivity (Wildman–Crippen MR) is 102 cm³/mol. The molecule has 4 nitrogen and oxygen atoms in total. The van der Waals surface area contributed by atoms with E-state index in [0.29, 0.717) is 23.8 Å². The van der Waals surface area contributed by atoms with Gasteiger partial charge in [-0.2, -0.15) is 0 Å². The van der Waals surface area contributed by atoms with Gasteiger partial charge in [-0.05, 0) is 54.4 Å². The monoisotopic (exact) mass is 371 g/mol. The summed E-state index contributed by atoms with van der Waals surface area (Å²) in [5.41, 5.74) is 3.39. The minimum atomic E-state index is -0.311. The van der Waals surface area contributed by atoms with Crippen molar-refractivity contribution < 1.29 is 9.18 Å². The molecule has 0 spiro atoms. The fourth-order valence-corrected chi connectivity index (χ4v) is 2.83. The Hall–Kier alpha value is -2.79. The van der Waals surface area contributed by atoms with Crippen LogP contribution < -0.4 is 10.6 Å². The first-order chi connectivity index (χ1) is 12.5. The average Bonchev–Trinajstić information content (AvgIpc) is 3.03. The number of hydrogen-bond donors (Lipinski definition) is 2. The average molecular weight is 372 g/mol. The number of aromatic nitrogens is 1. The van der Waals surface area contributed by atoms with Gasteiger partial charge in [-0.3, -0.25) is 0 Å². The summed E-state index contributed by atoms with van der Waals surface area (Å²) in [6.07, 6.45) is 1.90. The summed E-state index contributed by atoms with van der Waals surface area (Å²) >= 11 is 5.97. The lowest BCUT2D eigenvalue weighted by molar-refractivity contribution is 0.251. The summed E-state index contributed by atoms with van der Waals surface area (Å²) in [7, 11) is 0. The molecule has 2 aromatic carbocycles. The molecule has 3 aromatic rings. The molecule has 0 radical (unpaired) electrons. The number of urea groups is 1. The fraction of sp³-hybridized carbons (Fsp3) is 0.150. The zero-order valence-electron chi connectivity index (χ0n) is 14.3. The maximum atomic E-state index is 13.3. The highest BCUT2D eigenvalue weighted by atomic mass is 35.5. The van der Waals surface area contributed by atoms with Crippen molar-refractivity contribution in [2.45, 2.75) is 20.0 Å². The second-order valence-corrected chi connectivity index (χ2v) is 6.46. The molecule has 2 amide bonds. The largest absolute Gasteiger partial charge is 0.345 e. The molecule has 6 heteroatoms. The highest BCUT2D eigenvalue weighted by Gasteiger charge is 2.07. The van der Waals surface area contributed by atoms with Gasteiger partial charge in [0.1, 0.15) is 5.82 Å². The lowest BCUT2D eigenvalue weighted by atomic mass is 10.2. The van der Waals surface area contributed by atoms with Crippen molar-refractivity contribution in [3.05, 3.63) is 88.5 Å². The van der Waals surface area contributed by atoms with Gasteiger partial charge in [0.05, 0.1) is 6.54 Å². The van der Waals surface area contributed by atoms with E-state index in [1.54, 1.807) is 18.2 Å². The highest BCUT2D eigenvalue weighted by Crippen LogP contribution is 2.20. The molecular weight excluding hydrogens is 353 g/mol. The number of aryl methyl sites for hydroxylation is 1. The normalized spacial score (nSPS) is 10.6. The number of anilines is 1. The Morgan fingerprint density at radius 1 is 1.15 bits per heavy atom. The van der Waals surface area contributed by atoms with E-state index in [2.05, 4.69) is 10.6 Å². The topological polar surface area (TPSA) is 46.1 Å². The standard InChI is InChI=1S/C20H19ClFN3O/c1-14-7-8-16(21)11-19(14)24-20(26)23-12-18-6-3-9-25(18)13-15-4-2-5-17(22)10-15/h2-11H,12-13H2,1H3,(H2,23,24,26). The number of carbonyl (C=O) groups is 1. The molecule has 0 unspecified atom stereocenters. The van der Waals surface area contributed by atoms with Crippen LogP contribution in [0, 0.1) is 12.7 Å². The van der Waals surface area contributed by atoms with Crippen molar-refractivity contribution in [1.29, 1.82) is 0 Å². The Morgan fingerprint density at radius 3 is 2.81 bits per heavy atom. The molecule has 0 bridgehead atoms. The molecule has 0 aliphatic heterocycles. The van der Waals surface area contributed by atoms with Crippen LogP contribution >= 0.6 is 11.6 Å². The van der Waals surface area contributed by atoms with E-state index in [1.165, 1.54) is 12.1 Å². The molecule has 0 fully saturated rings. The summed E-state index contributed by atoms with van der Waals surface area (Å²) < 4.78 is 15.3. The molecule has 1 aromatic heterocycles. The molecule has 134 valence electrons. The SMILES string of the molecule is Cc1ccc(Cl)cc1NC(=O)NCc1cccn1Cc1cccc(F)c1. The summed E-state index contributed by atoms with van der Waals surface area (Å²) in [4.78, 5) is 12.2. The van der Waals surface area contributed by atoms with E-state index >= 15 is 0 Å². The number of nitrogens with one attached hydrogen (secondary N) is 2. The number of benzene rings is 2. The lowest BCUT2D eigenvalue weighted by Crippen LogP contribution is -2.29. The van der Waals surface area contributed by atoms with E-state index in [4.69, 9.17) is 11.6 Å². The Balaban J connectivity index is 1.61. The zero-order chi connectivity index (χ0) is 18.5. The van der Waals surface area contributed by atoms with Crippen molar-refractivity contribution in [1.82, 2.24) is 9.88 Å². The Kier molecular flexibility index (Phi) is 5.58. The van der Waals surface area contributed by atoms with Gasteiger partial charge in [-0.1, -0.05) is 29.8 Å². The molecule has 0 aliphatic carbocycles. The smallest absolute Gasteiger partial charge is 0.319 e. The summed E-state index contributed by atoms with van der Waals surface area (Å²) in [6.45, 7) is 2.79. The molecule has 26 heavy (non-hydrogen) atoms. The van der Waals surface area contributed by atoms with Crippen molar-refractivity contribution >= 4 is 23.3 Å². The van der Waals surface area contributed by atoms with Crippen LogP contribution in [0.5, 0.6) is 0 Å². The molecule has 0 aliphatic rings. The van der Waals surface area contributed by atoms with Gasteiger partial charge in [0.15, 0.2) is 0 Å². The van der Waals surface area contributed by atoms with Crippen LogP contribution in [-0.4, -0.2) is 10.6 Å². The number of nitrogens with zero attached hydrogens (tertiary/aromatic N) is 1. The van der Waals surface area contributed by atoms with E-state index < -0.39 is 0 Å². The third kappa shape index (κ3) is 4.64. The number of hydrogen-bond acceptors (Lipinski definition) is 1. The quantitative estimate of drug-likeness (QED) is 0.654. The molecule has 0 saturated carbocycles. The number of rotatable bonds is 5. The Labute approximate surface area is 156 Å². The second-order valence-electron chi connectivity index (χ2n) is 6.02. The van der Waals surface area contributed by atoms with Gasteiger partial charge in [0, 0.05) is 29.1 Å².